The molecule has 0 atom stereocenters. The molecule has 0 fully saturated rings. The smallest absolute Gasteiger partial charge is 0.279 e. The molecule has 210 valence electrons. The van der Waals surface area contributed by atoms with Crippen LogP contribution in [0.1, 0.15) is 26.4 Å². The molecule has 0 N–H and O–H groups in total. The highest BCUT2D eigenvalue weighted by atomic mass is 35.5. The van der Waals surface area contributed by atoms with Crippen LogP contribution < -0.4 is 0 Å². The molecule has 2 heterocycles. The molecule has 0 aliphatic heterocycles. The summed E-state index contributed by atoms with van der Waals surface area (Å²) in [6.45, 7) is 3.71. The van der Waals surface area contributed by atoms with E-state index in [4.69, 9.17) is 11.6 Å². The molecule has 4 aromatic carbocycles. The lowest BCUT2D eigenvalue weighted by Crippen LogP contribution is -1.99. The minimum atomic E-state index is -0.877. The Bertz CT molecular complexity index is 2110. The summed E-state index contributed by atoms with van der Waals surface area (Å²) in [5, 5.41) is 15.4. The Morgan fingerprint density at radius 2 is 1.74 bits per heavy atom. The number of nitriles is 1. The van der Waals surface area contributed by atoms with Crippen molar-refractivity contribution in [2.75, 3.05) is 0 Å². The molecule has 0 saturated heterocycles. The van der Waals surface area contributed by atoms with Gasteiger partial charge < -0.3 is 0 Å². The average Bonchev–Trinajstić information content (AvgIpc) is 3.61. The zero-order chi connectivity index (χ0) is 30.2. The Labute approximate surface area is 260 Å². The summed E-state index contributed by atoms with van der Waals surface area (Å²) in [5.74, 6) is -1.25. The van der Waals surface area contributed by atoms with Crippen molar-refractivity contribution in [2.24, 2.45) is 5.18 Å². The van der Waals surface area contributed by atoms with E-state index >= 15 is 0 Å². The summed E-state index contributed by atoms with van der Waals surface area (Å²) >= 11 is 9.59. The standard InChI is InChI=1S/C34H21ClFN3O2S2/c1-19-6-9-24(10-7-19)43-39-29-13-8-23(36)17-28(29)31(27-14-15-42-30(27)18-37)33(39)22-5-3-4-21(16-22)26-12-11-25(34(40)38-41)20(2)32(26)35/h3-17H,1-2H3. The van der Waals surface area contributed by atoms with Gasteiger partial charge in [-0.2, -0.15) is 5.26 Å². The summed E-state index contributed by atoms with van der Waals surface area (Å²) in [7, 11) is 0. The normalized spacial score (nSPS) is 11.0. The number of benzene rings is 4. The average molecular weight is 622 g/mol. The van der Waals surface area contributed by atoms with Crippen LogP contribution in [0.3, 0.4) is 0 Å². The molecule has 0 spiro atoms. The van der Waals surface area contributed by atoms with E-state index in [1.54, 1.807) is 25.1 Å². The van der Waals surface area contributed by atoms with Crippen molar-refractivity contribution in [3.8, 4) is 39.6 Å². The van der Waals surface area contributed by atoms with Gasteiger partial charge in [-0.05, 0) is 90.8 Å². The second kappa shape index (κ2) is 11.6. The van der Waals surface area contributed by atoms with Crippen molar-refractivity contribution in [1.82, 2.24) is 3.97 Å². The highest BCUT2D eigenvalue weighted by Crippen LogP contribution is 2.47. The molecule has 0 bridgehead atoms. The zero-order valence-corrected chi connectivity index (χ0v) is 25.3. The third-order valence-corrected chi connectivity index (χ3v) is 9.64. The van der Waals surface area contributed by atoms with Crippen molar-refractivity contribution >= 4 is 51.7 Å². The number of halogens is 2. The molecule has 9 heteroatoms. The number of hydrogen-bond donors (Lipinski definition) is 0. The van der Waals surface area contributed by atoms with E-state index in [1.807, 2.05) is 66.9 Å². The van der Waals surface area contributed by atoms with E-state index in [0.717, 1.165) is 43.9 Å². The molecule has 5 nitrogen and oxygen atoms in total. The van der Waals surface area contributed by atoms with Crippen molar-refractivity contribution in [3.63, 3.8) is 0 Å². The second-order valence-electron chi connectivity index (χ2n) is 9.94. The number of fused-ring (bicyclic) bond motifs is 1. The van der Waals surface area contributed by atoms with Gasteiger partial charge in [0.15, 0.2) is 0 Å². The number of carbonyl (C=O) groups excluding carboxylic acids is 1. The summed E-state index contributed by atoms with van der Waals surface area (Å²) in [6.07, 6.45) is 0. The van der Waals surface area contributed by atoms with Crippen LogP contribution in [0.15, 0.2) is 100 Å². The van der Waals surface area contributed by atoms with E-state index in [2.05, 4.69) is 15.2 Å². The van der Waals surface area contributed by atoms with E-state index in [1.165, 1.54) is 35.4 Å². The van der Waals surface area contributed by atoms with Crippen molar-refractivity contribution < 1.29 is 9.18 Å². The number of hydrogen-bond acceptors (Lipinski definition) is 5. The maximum atomic E-state index is 14.8. The molecule has 6 aromatic rings. The first kappa shape index (κ1) is 28.6. The minimum absolute atomic E-state index is 0.153. The Balaban J connectivity index is 1.64. The summed E-state index contributed by atoms with van der Waals surface area (Å²) in [6, 6.07) is 28.1. The van der Waals surface area contributed by atoms with Crippen molar-refractivity contribution in [2.45, 2.75) is 18.7 Å². The third kappa shape index (κ3) is 5.17. The Kier molecular flexibility index (Phi) is 7.72. The van der Waals surface area contributed by atoms with Crippen LogP contribution in [-0.4, -0.2) is 9.88 Å². The Morgan fingerprint density at radius 3 is 2.49 bits per heavy atom. The second-order valence-corrected chi connectivity index (χ2v) is 12.2. The van der Waals surface area contributed by atoms with Gasteiger partial charge in [0.2, 0.25) is 0 Å². The fourth-order valence-electron chi connectivity index (χ4n) is 5.18. The monoisotopic (exact) mass is 621 g/mol. The Morgan fingerprint density at radius 1 is 0.977 bits per heavy atom. The first-order valence-corrected chi connectivity index (χ1v) is 15.2. The molecule has 2 aromatic heterocycles. The molecular formula is C34H21ClFN3O2S2. The quantitative estimate of drug-likeness (QED) is 0.173. The molecule has 1 amide bonds. The molecule has 0 saturated carbocycles. The highest BCUT2D eigenvalue weighted by Gasteiger charge is 2.25. The van der Waals surface area contributed by atoms with Crippen LogP contribution in [0, 0.1) is 35.9 Å². The number of amides is 1. The van der Waals surface area contributed by atoms with Gasteiger partial charge in [-0.3, -0.25) is 8.77 Å². The van der Waals surface area contributed by atoms with Crippen LogP contribution in [0.4, 0.5) is 4.39 Å². The lowest BCUT2D eigenvalue weighted by molar-refractivity contribution is 0.1000. The Hall–Kier alpha value is -4.55. The number of nitrogens with zero attached hydrogens (tertiary/aromatic N) is 3. The van der Waals surface area contributed by atoms with Crippen LogP contribution >= 0.6 is 34.9 Å². The molecule has 0 aliphatic carbocycles. The number of thiophene rings is 1. The van der Waals surface area contributed by atoms with Gasteiger partial charge in [-0.1, -0.05) is 53.6 Å². The SMILES string of the molecule is Cc1ccc(Sn2c(-c3cccc(-c4ccc(C(=O)N=O)c(C)c4Cl)c3)c(-c3ccsc3C#N)c3cc(F)ccc32)cc1. The van der Waals surface area contributed by atoms with Crippen LogP contribution in [0.25, 0.3) is 44.4 Å². The molecule has 0 radical (unpaired) electrons. The number of carbonyl (C=O) groups is 1. The van der Waals surface area contributed by atoms with Gasteiger partial charge >= 0.3 is 5.91 Å². The topological polar surface area (TPSA) is 75.2 Å². The highest BCUT2D eigenvalue weighted by molar-refractivity contribution is 7.98. The van der Waals surface area contributed by atoms with Gasteiger partial charge in [0.1, 0.15) is 16.8 Å². The third-order valence-electron chi connectivity index (χ3n) is 7.29. The van der Waals surface area contributed by atoms with E-state index in [9.17, 15) is 19.4 Å². The lowest BCUT2D eigenvalue weighted by Gasteiger charge is -2.15. The molecule has 43 heavy (non-hydrogen) atoms. The predicted octanol–water partition coefficient (Wildman–Crippen LogP) is 10.4. The molecular weight excluding hydrogens is 601 g/mol. The first-order chi connectivity index (χ1) is 20.8. The molecule has 6 rings (SSSR count). The van der Waals surface area contributed by atoms with Gasteiger partial charge in [0.25, 0.3) is 0 Å². The number of rotatable bonds is 6. The number of nitroso groups, excluding NO2 is 1. The van der Waals surface area contributed by atoms with Gasteiger partial charge in [0, 0.05) is 43.3 Å². The maximum absolute atomic E-state index is 14.8. The van der Waals surface area contributed by atoms with E-state index in [0.29, 0.717) is 26.4 Å². The van der Waals surface area contributed by atoms with Crippen molar-refractivity contribution in [1.29, 1.82) is 5.26 Å². The maximum Gasteiger partial charge on any atom is 0.317 e. The van der Waals surface area contributed by atoms with Crippen molar-refractivity contribution in [3.05, 3.63) is 128 Å². The molecule has 0 aliphatic rings. The summed E-state index contributed by atoms with van der Waals surface area (Å²) in [4.78, 5) is 24.4. The van der Waals surface area contributed by atoms with Gasteiger partial charge in [-0.15, -0.1) is 16.2 Å². The van der Waals surface area contributed by atoms with Crippen LogP contribution in [0.2, 0.25) is 5.02 Å². The van der Waals surface area contributed by atoms with Crippen LogP contribution in [-0.2, 0) is 0 Å². The van der Waals surface area contributed by atoms with E-state index in [-0.39, 0.29) is 11.4 Å². The van der Waals surface area contributed by atoms with Crippen LogP contribution in [0.5, 0.6) is 0 Å². The number of aromatic nitrogens is 1. The fourth-order valence-corrected chi connectivity index (χ4v) is 7.16. The summed E-state index contributed by atoms with van der Waals surface area (Å²) < 4.78 is 16.9. The fraction of sp³-hybridized carbons (Fsp3) is 0.0588. The van der Waals surface area contributed by atoms with Gasteiger partial charge in [-0.25, -0.2) is 4.39 Å². The summed E-state index contributed by atoms with van der Waals surface area (Å²) in [5.41, 5.74) is 7.12. The minimum Gasteiger partial charge on any atom is -0.279 e. The molecule has 0 unspecified atom stereocenters. The van der Waals surface area contributed by atoms with E-state index < -0.39 is 5.91 Å². The first-order valence-electron chi connectivity index (χ1n) is 13.1. The number of aryl methyl sites for hydroxylation is 1. The lowest BCUT2D eigenvalue weighted by atomic mass is 9.95. The predicted molar refractivity (Wildman–Crippen MR) is 173 cm³/mol. The zero-order valence-electron chi connectivity index (χ0n) is 22.9. The largest absolute Gasteiger partial charge is 0.317 e. The van der Waals surface area contributed by atoms with Gasteiger partial charge in [0.05, 0.1) is 16.2 Å².